The van der Waals surface area contributed by atoms with E-state index in [-0.39, 0.29) is 18.6 Å². The second-order valence-corrected chi connectivity index (χ2v) is 4.55. The van der Waals surface area contributed by atoms with Gasteiger partial charge < -0.3 is 15.0 Å². The second-order valence-electron chi connectivity index (χ2n) is 4.55. The Balaban J connectivity index is 2.01. The van der Waals surface area contributed by atoms with E-state index in [9.17, 15) is 4.79 Å². The number of carbonyl (C=O) groups is 1. The Morgan fingerprint density at radius 1 is 1.50 bits per heavy atom. The van der Waals surface area contributed by atoms with Gasteiger partial charge in [-0.1, -0.05) is 6.92 Å². The molecular formula is C14H18N4O2. The average Bonchev–Trinajstić information content (AvgIpc) is 2.99. The lowest BCUT2D eigenvalue weighted by molar-refractivity contribution is 0.0926. The lowest BCUT2D eigenvalue weighted by Crippen LogP contribution is -2.37. The molecule has 0 fully saturated rings. The third kappa shape index (κ3) is 3.64. The Morgan fingerprint density at radius 2 is 2.35 bits per heavy atom. The van der Waals surface area contributed by atoms with Crippen molar-refractivity contribution in [3.63, 3.8) is 0 Å². The van der Waals surface area contributed by atoms with Gasteiger partial charge in [0.25, 0.3) is 5.91 Å². The van der Waals surface area contributed by atoms with Crippen LogP contribution in [-0.4, -0.2) is 31.6 Å². The number of amides is 1. The lowest BCUT2D eigenvalue weighted by Gasteiger charge is -2.17. The van der Waals surface area contributed by atoms with Crippen molar-refractivity contribution in [2.45, 2.75) is 32.5 Å². The minimum atomic E-state index is -0.229. The number of nitrogens with zero attached hydrogens (tertiary/aromatic N) is 3. The molecule has 106 valence electrons. The first-order valence-electron chi connectivity index (χ1n) is 6.55. The molecule has 0 saturated carbocycles. The number of imidazole rings is 1. The first-order valence-corrected chi connectivity index (χ1v) is 6.55. The molecule has 0 bridgehead atoms. The van der Waals surface area contributed by atoms with Crippen LogP contribution in [0, 0.1) is 0 Å². The van der Waals surface area contributed by atoms with Gasteiger partial charge in [0.2, 0.25) is 0 Å². The van der Waals surface area contributed by atoms with Crippen LogP contribution in [0.25, 0.3) is 0 Å². The maximum Gasteiger partial charge on any atom is 0.270 e. The van der Waals surface area contributed by atoms with Gasteiger partial charge in [0.15, 0.2) is 0 Å². The number of pyridine rings is 1. The Labute approximate surface area is 117 Å². The monoisotopic (exact) mass is 274 g/mol. The summed E-state index contributed by atoms with van der Waals surface area (Å²) in [5, 5.41) is 12.0. The number of hydrogen-bond donors (Lipinski definition) is 2. The normalized spacial score (nSPS) is 12.1. The largest absolute Gasteiger partial charge is 0.392 e. The van der Waals surface area contributed by atoms with Gasteiger partial charge in [-0.2, -0.15) is 0 Å². The standard InChI is InChI=1S/C14H18N4O2/c1-2-12(8-18-6-5-15-10-18)17-14(20)13-7-11(9-19)3-4-16-13/h3-7,10,12,19H,2,8-9H2,1H3,(H,17,20). The van der Waals surface area contributed by atoms with Crippen molar-refractivity contribution in [3.05, 3.63) is 48.3 Å². The number of aliphatic hydroxyl groups excluding tert-OH is 1. The summed E-state index contributed by atoms with van der Waals surface area (Å²) < 4.78 is 1.92. The average molecular weight is 274 g/mol. The Morgan fingerprint density at radius 3 is 3.00 bits per heavy atom. The van der Waals surface area contributed by atoms with Crippen molar-refractivity contribution in [1.82, 2.24) is 19.9 Å². The molecule has 1 amide bonds. The molecule has 0 radical (unpaired) electrons. The highest BCUT2D eigenvalue weighted by atomic mass is 16.3. The quantitative estimate of drug-likeness (QED) is 0.823. The summed E-state index contributed by atoms with van der Waals surface area (Å²) >= 11 is 0. The van der Waals surface area contributed by atoms with Crippen LogP contribution in [0.1, 0.15) is 29.4 Å². The molecule has 1 atom stereocenters. The molecule has 2 aromatic rings. The van der Waals surface area contributed by atoms with E-state index >= 15 is 0 Å². The van der Waals surface area contributed by atoms with Crippen LogP contribution in [0.2, 0.25) is 0 Å². The summed E-state index contributed by atoms with van der Waals surface area (Å²) in [4.78, 5) is 20.1. The molecular weight excluding hydrogens is 256 g/mol. The van der Waals surface area contributed by atoms with Crippen LogP contribution < -0.4 is 5.32 Å². The van der Waals surface area contributed by atoms with Gasteiger partial charge in [0, 0.05) is 31.2 Å². The first-order chi connectivity index (χ1) is 9.72. The van der Waals surface area contributed by atoms with E-state index in [1.165, 1.54) is 6.20 Å². The summed E-state index contributed by atoms with van der Waals surface area (Å²) in [6.45, 7) is 2.58. The zero-order chi connectivity index (χ0) is 14.4. The van der Waals surface area contributed by atoms with E-state index in [4.69, 9.17) is 5.11 Å². The van der Waals surface area contributed by atoms with Crippen LogP contribution >= 0.6 is 0 Å². The summed E-state index contributed by atoms with van der Waals surface area (Å²) in [6.07, 6.45) is 7.63. The van der Waals surface area contributed by atoms with E-state index in [0.29, 0.717) is 17.8 Å². The Bertz CT molecular complexity index is 554. The third-order valence-corrected chi connectivity index (χ3v) is 3.06. The van der Waals surface area contributed by atoms with E-state index in [0.717, 1.165) is 6.42 Å². The maximum atomic E-state index is 12.1. The molecule has 2 rings (SSSR count). The predicted octanol–water partition coefficient (Wildman–Crippen LogP) is 0.979. The molecule has 0 aliphatic rings. The van der Waals surface area contributed by atoms with Gasteiger partial charge in [0.05, 0.1) is 12.9 Å². The predicted molar refractivity (Wildman–Crippen MR) is 73.9 cm³/mol. The van der Waals surface area contributed by atoms with Crippen molar-refractivity contribution in [2.24, 2.45) is 0 Å². The molecule has 0 spiro atoms. The fraction of sp³-hybridized carbons (Fsp3) is 0.357. The zero-order valence-corrected chi connectivity index (χ0v) is 11.4. The summed E-state index contributed by atoms with van der Waals surface area (Å²) in [5.74, 6) is -0.229. The summed E-state index contributed by atoms with van der Waals surface area (Å²) in [5.41, 5.74) is 0.994. The highest BCUT2D eigenvalue weighted by Crippen LogP contribution is 2.04. The number of aliphatic hydroxyl groups is 1. The topological polar surface area (TPSA) is 80.0 Å². The van der Waals surface area contributed by atoms with E-state index < -0.39 is 0 Å². The highest BCUT2D eigenvalue weighted by molar-refractivity contribution is 5.92. The number of aromatic nitrogens is 3. The maximum absolute atomic E-state index is 12.1. The molecule has 2 aromatic heterocycles. The van der Waals surface area contributed by atoms with E-state index in [2.05, 4.69) is 15.3 Å². The summed E-state index contributed by atoms with van der Waals surface area (Å²) in [6, 6.07) is 3.29. The Kier molecular flexibility index (Phi) is 4.84. The van der Waals surface area contributed by atoms with E-state index in [1.807, 2.05) is 17.7 Å². The molecule has 2 heterocycles. The molecule has 20 heavy (non-hydrogen) atoms. The van der Waals surface area contributed by atoms with Crippen LogP contribution in [0.3, 0.4) is 0 Å². The molecule has 0 aliphatic heterocycles. The zero-order valence-electron chi connectivity index (χ0n) is 11.4. The van der Waals surface area contributed by atoms with Gasteiger partial charge >= 0.3 is 0 Å². The fourth-order valence-corrected chi connectivity index (χ4v) is 1.88. The number of hydrogen-bond acceptors (Lipinski definition) is 4. The SMILES string of the molecule is CCC(Cn1ccnc1)NC(=O)c1cc(CO)ccn1. The first kappa shape index (κ1) is 14.2. The van der Waals surface area contributed by atoms with Crippen molar-refractivity contribution in [1.29, 1.82) is 0 Å². The van der Waals surface area contributed by atoms with Gasteiger partial charge in [-0.3, -0.25) is 9.78 Å². The van der Waals surface area contributed by atoms with Crippen molar-refractivity contribution in [2.75, 3.05) is 0 Å². The number of carbonyl (C=O) groups excluding carboxylic acids is 1. The molecule has 2 N–H and O–H groups in total. The highest BCUT2D eigenvalue weighted by Gasteiger charge is 2.14. The number of nitrogens with one attached hydrogen (secondary N) is 1. The molecule has 1 unspecified atom stereocenters. The van der Waals surface area contributed by atoms with E-state index in [1.54, 1.807) is 24.7 Å². The van der Waals surface area contributed by atoms with Crippen LogP contribution in [-0.2, 0) is 13.2 Å². The molecule has 0 aliphatic carbocycles. The van der Waals surface area contributed by atoms with Crippen LogP contribution in [0.5, 0.6) is 0 Å². The second kappa shape index (κ2) is 6.81. The van der Waals surface area contributed by atoms with Gasteiger partial charge in [-0.25, -0.2) is 4.98 Å². The smallest absolute Gasteiger partial charge is 0.270 e. The van der Waals surface area contributed by atoms with Crippen molar-refractivity contribution in [3.8, 4) is 0 Å². The minimum Gasteiger partial charge on any atom is -0.392 e. The van der Waals surface area contributed by atoms with Gasteiger partial charge in [0.1, 0.15) is 5.69 Å². The Hall–Kier alpha value is -2.21. The molecule has 6 heteroatoms. The number of rotatable bonds is 6. The van der Waals surface area contributed by atoms with Gasteiger partial charge in [-0.05, 0) is 24.1 Å². The van der Waals surface area contributed by atoms with Crippen molar-refractivity contribution >= 4 is 5.91 Å². The molecule has 0 aromatic carbocycles. The lowest BCUT2D eigenvalue weighted by atomic mass is 10.2. The third-order valence-electron chi connectivity index (χ3n) is 3.06. The fourth-order valence-electron chi connectivity index (χ4n) is 1.88. The van der Waals surface area contributed by atoms with Gasteiger partial charge in [-0.15, -0.1) is 0 Å². The minimum absolute atomic E-state index is 0.0104. The molecule has 6 nitrogen and oxygen atoms in total. The van der Waals surface area contributed by atoms with Crippen LogP contribution in [0.15, 0.2) is 37.1 Å². The van der Waals surface area contributed by atoms with Crippen molar-refractivity contribution < 1.29 is 9.90 Å². The van der Waals surface area contributed by atoms with Crippen LogP contribution in [0.4, 0.5) is 0 Å². The summed E-state index contributed by atoms with van der Waals surface area (Å²) in [7, 11) is 0. The molecule has 0 saturated heterocycles.